The molecule has 0 aromatic heterocycles. The van der Waals surface area contributed by atoms with Gasteiger partial charge in [0.1, 0.15) is 54.1 Å². The number of aliphatic imine (C=N–C) groups is 2. The first-order chi connectivity index (χ1) is 39.8. The zero-order valence-electron chi connectivity index (χ0n) is 50.7. The number of nitrogens with two attached hydrogens (primary N) is 5. The molecule has 30 heteroatoms. The van der Waals surface area contributed by atoms with E-state index < -0.39 is 132 Å². The Bertz CT molecular complexity index is 2400. The zero-order valence-corrected chi connectivity index (χ0v) is 51.5. The van der Waals surface area contributed by atoms with Crippen molar-refractivity contribution in [1.29, 1.82) is 0 Å². The number of hydrogen-bond donors (Lipinski definition) is 17. The third kappa shape index (κ3) is 29.8. The molecule has 85 heavy (non-hydrogen) atoms. The molecule has 22 N–H and O–H groups in total. The molecular formula is C55H96N16O13S. The minimum absolute atomic E-state index is 0.0121. The number of phenols is 1. The van der Waals surface area contributed by atoms with E-state index in [1.54, 1.807) is 73.8 Å². The van der Waals surface area contributed by atoms with Gasteiger partial charge in [0.2, 0.25) is 53.2 Å². The quantitative estimate of drug-likeness (QED) is 0.0182. The van der Waals surface area contributed by atoms with E-state index in [0.717, 1.165) is 0 Å². The number of carboxylic acid groups (broad SMARTS) is 1. The van der Waals surface area contributed by atoms with Crippen molar-refractivity contribution < 1.29 is 63.3 Å². The zero-order chi connectivity index (χ0) is 64.7. The van der Waals surface area contributed by atoms with Crippen molar-refractivity contribution in [3.8, 4) is 5.75 Å². The summed E-state index contributed by atoms with van der Waals surface area (Å²) in [6, 6.07) is -5.92. The van der Waals surface area contributed by atoms with Gasteiger partial charge in [-0.15, -0.1) is 0 Å². The highest BCUT2D eigenvalue weighted by Gasteiger charge is 2.37. The molecule has 1 aromatic rings. The average molecular weight is 1220 g/mol. The molecule has 0 heterocycles. The van der Waals surface area contributed by atoms with Crippen molar-refractivity contribution in [3.63, 3.8) is 0 Å². The van der Waals surface area contributed by atoms with Crippen LogP contribution in [0.1, 0.15) is 119 Å². The Labute approximate surface area is 502 Å². The second kappa shape index (κ2) is 39.2. The fourth-order valence-corrected chi connectivity index (χ4v) is 8.78. The molecule has 1 aromatic carbocycles. The van der Waals surface area contributed by atoms with E-state index in [2.05, 4.69) is 57.8 Å². The molecule has 29 nitrogen and oxygen atoms in total. The first-order valence-electron chi connectivity index (χ1n) is 28.6. The number of amides is 9. The lowest BCUT2D eigenvalue weighted by molar-refractivity contribution is -0.142. The van der Waals surface area contributed by atoms with Crippen LogP contribution in [0.4, 0.5) is 0 Å². The predicted octanol–water partition coefficient (Wildman–Crippen LogP) is -2.62. The molecule has 0 spiro atoms. The van der Waals surface area contributed by atoms with Gasteiger partial charge in [0, 0.05) is 19.5 Å². The summed E-state index contributed by atoms with van der Waals surface area (Å²) in [6.07, 6.45) is 0.755. The highest BCUT2D eigenvalue weighted by atomic mass is 32.2. The van der Waals surface area contributed by atoms with Crippen molar-refractivity contribution in [2.24, 2.45) is 62.3 Å². The van der Waals surface area contributed by atoms with Crippen molar-refractivity contribution in [2.45, 2.75) is 181 Å². The molecular weight excluding hydrogens is 1120 g/mol. The minimum Gasteiger partial charge on any atom is -0.508 e. The van der Waals surface area contributed by atoms with Crippen molar-refractivity contribution in [3.05, 3.63) is 29.8 Å². The summed E-state index contributed by atoms with van der Waals surface area (Å²) < 4.78 is 0. The topological polar surface area (TPSA) is 494 Å². The van der Waals surface area contributed by atoms with Crippen LogP contribution in [0.15, 0.2) is 34.3 Å². The standard InChI is InChI=1S/C55H96N16O13S/c1-11-31(8)43(70-46(76)36(15-13-22-62-55(59)60)65-49(79)39(68-50(80)42(56)30(6)7)26-33-16-18-34(73)19-17-33)51(81)67-37(20-23-85-10)47(77)71-44(32(9)72)52(82)66-35(14-12-21-61-54(57)58)45(75)63-27-41(74)64-38(24-28(2)3)48(78)69-40(53(83)84)25-29(4)5/h16-19,28-32,35-40,42-44,72-73H,11-15,20-27,56H2,1-10H3,(H,63,75)(H,64,74)(H,65,79)(H,66,82)(H,67,81)(H,68,80)(H,69,78)(H,70,76)(H,71,77)(H,83,84)(H4,57,58,61)(H4,59,60,62)/t31-,32+,35-,36-,37-,38-,39-,40-,42-,43-,44-/m0/s1. The monoisotopic (exact) mass is 1220 g/mol. The van der Waals surface area contributed by atoms with Gasteiger partial charge in [-0.2, -0.15) is 11.8 Å². The molecule has 480 valence electrons. The number of hydrogen-bond acceptors (Lipinski definition) is 16. The molecule has 0 unspecified atom stereocenters. The summed E-state index contributed by atoms with van der Waals surface area (Å²) >= 11 is 1.33. The number of phenolic OH excluding ortho intramolecular Hbond substituents is 1. The Morgan fingerprint density at radius 3 is 1.46 bits per heavy atom. The number of aliphatic hydroxyl groups excluding tert-OH is 1. The van der Waals surface area contributed by atoms with Gasteiger partial charge in [0.25, 0.3) is 0 Å². The van der Waals surface area contributed by atoms with Crippen LogP contribution in [-0.4, -0.2) is 178 Å². The van der Waals surface area contributed by atoms with E-state index in [-0.39, 0.29) is 99.9 Å². The van der Waals surface area contributed by atoms with Crippen LogP contribution in [0.2, 0.25) is 0 Å². The Hall–Kier alpha value is -7.47. The summed E-state index contributed by atoms with van der Waals surface area (Å²) in [5, 5.41) is 53.7. The highest BCUT2D eigenvalue weighted by molar-refractivity contribution is 7.98. The number of guanidine groups is 2. The number of carbonyl (C=O) groups is 10. The van der Waals surface area contributed by atoms with Crippen molar-refractivity contribution in [1.82, 2.24) is 47.9 Å². The molecule has 0 saturated heterocycles. The molecule has 11 atom stereocenters. The Kier molecular flexibility index (Phi) is 34.8. The molecule has 9 amide bonds. The Balaban J connectivity index is 3.52. The lowest BCUT2D eigenvalue weighted by atomic mass is 9.96. The SMILES string of the molecule is CC[C@H](C)[C@H](NC(=O)[C@H](CCCN=C(N)N)NC(=O)[C@H](Cc1ccc(O)cc1)NC(=O)[C@@H](N)C(C)C)C(=O)N[C@@H](CCSC)C(=O)N[C@H](C(=O)N[C@@H](CCCN=C(N)N)C(=O)NCC(=O)N[C@@H](CC(C)C)C(=O)N[C@@H](CC(C)C)C(=O)O)[C@@H](C)O. The van der Waals surface area contributed by atoms with E-state index in [4.69, 9.17) is 28.7 Å². The van der Waals surface area contributed by atoms with Crippen LogP contribution in [0.25, 0.3) is 0 Å². The van der Waals surface area contributed by atoms with Crippen molar-refractivity contribution >= 4 is 82.8 Å². The number of thioether (sulfide) groups is 1. The maximum atomic E-state index is 14.4. The second-order valence-corrected chi connectivity index (χ2v) is 23.1. The van der Waals surface area contributed by atoms with Gasteiger partial charge in [-0.3, -0.25) is 53.1 Å². The van der Waals surface area contributed by atoms with Gasteiger partial charge in [-0.25, -0.2) is 4.79 Å². The number of nitrogens with zero attached hydrogens (tertiary/aromatic N) is 2. The Morgan fingerprint density at radius 1 is 0.553 bits per heavy atom. The summed E-state index contributed by atoms with van der Waals surface area (Å²) in [7, 11) is 0. The molecule has 0 aliphatic heterocycles. The van der Waals surface area contributed by atoms with Crippen LogP contribution >= 0.6 is 11.8 Å². The number of carboxylic acids is 1. The van der Waals surface area contributed by atoms with Crippen LogP contribution in [0.3, 0.4) is 0 Å². The lowest BCUT2D eigenvalue weighted by Crippen LogP contribution is -2.62. The Morgan fingerprint density at radius 2 is 0.988 bits per heavy atom. The van der Waals surface area contributed by atoms with Crippen LogP contribution in [0, 0.1) is 23.7 Å². The number of rotatable bonds is 40. The number of aliphatic hydroxyl groups is 1. The number of aliphatic carboxylic acids is 1. The van der Waals surface area contributed by atoms with Gasteiger partial charge in [-0.1, -0.05) is 73.9 Å². The third-order valence-corrected chi connectivity index (χ3v) is 14.0. The van der Waals surface area contributed by atoms with E-state index in [1.165, 1.54) is 30.8 Å². The number of benzene rings is 1. The van der Waals surface area contributed by atoms with Crippen LogP contribution in [0.5, 0.6) is 5.75 Å². The van der Waals surface area contributed by atoms with Gasteiger partial charge < -0.3 is 91.8 Å². The molecule has 0 aliphatic rings. The third-order valence-electron chi connectivity index (χ3n) is 13.4. The second-order valence-electron chi connectivity index (χ2n) is 22.2. The summed E-state index contributed by atoms with van der Waals surface area (Å²) in [5.74, 6) is -9.97. The lowest BCUT2D eigenvalue weighted by Gasteiger charge is -2.30. The van der Waals surface area contributed by atoms with Gasteiger partial charge >= 0.3 is 5.97 Å². The predicted molar refractivity (Wildman–Crippen MR) is 324 cm³/mol. The molecule has 0 fully saturated rings. The fourth-order valence-electron chi connectivity index (χ4n) is 8.31. The van der Waals surface area contributed by atoms with Crippen molar-refractivity contribution in [2.75, 3.05) is 31.6 Å². The van der Waals surface area contributed by atoms with E-state index in [1.807, 2.05) is 0 Å². The molecule has 0 saturated carbocycles. The smallest absolute Gasteiger partial charge is 0.326 e. The van der Waals surface area contributed by atoms with Gasteiger partial charge in [0.15, 0.2) is 11.9 Å². The summed E-state index contributed by atoms with van der Waals surface area (Å²) in [4.78, 5) is 145. The van der Waals surface area contributed by atoms with E-state index >= 15 is 0 Å². The minimum atomic E-state index is -1.74. The highest BCUT2D eigenvalue weighted by Crippen LogP contribution is 2.16. The maximum absolute atomic E-state index is 14.4. The number of carbonyl (C=O) groups excluding carboxylic acids is 9. The first-order valence-corrected chi connectivity index (χ1v) is 29.9. The van der Waals surface area contributed by atoms with Gasteiger partial charge in [0.05, 0.1) is 18.7 Å². The summed E-state index contributed by atoms with van der Waals surface area (Å²) in [5.41, 5.74) is 28.7. The first kappa shape index (κ1) is 75.5. The van der Waals surface area contributed by atoms with Crippen LogP contribution in [-0.2, 0) is 54.4 Å². The number of aromatic hydroxyl groups is 1. The largest absolute Gasteiger partial charge is 0.508 e. The maximum Gasteiger partial charge on any atom is 0.326 e. The molecule has 1 rings (SSSR count). The van der Waals surface area contributed by atoms with Crippen LogP contribution < -0.4 is 76.5 Å². The average Bonchev–Trinajstić information content (AvgIpc) is 3.64. The fraction of sp³-hybridized carbons (Fsp3) is 0.673. The molecule has 0 aliphatic carbocycles. The normalized spacial score (nSPS) is 15.1. The van der Waals surface area contributed by atoms with E-state index in [0.29, 0.717) is 17.7 Å². The number of nitrogens with one attached hydrogen (secondary N) is 9. The van der Waals surface area contributed by atoms with E-state index in [9.17, 15) is 63.3 Å². The molecule has 0 bridgehead atoms. The molecule has 0 radical (unpaired) electrons. The van der Waals surface area contributed by atoms with Gasteiger partial charge in [-0.05, 0) is 105 Å². The summed E-state index contributed by atoms with van der Waals surface area (Å²) in [6.45, 7) is 14.6.